The van der Waals surface area contributed by atoms with E-state index in [0.29, 0.717) is 6.61 Å². The Morgan fingerprint density at radius 3 is 2.50 bits per heavy atom. The zero-order valence-electron chi connectivity index (χ0n) is 12.4. The van der Waals surface area contributed by atoms with Crippen LogP contribution in [0.5, 0.6) is 11.5 Å². The third-order valence-electron chi connectivity index (χ3n) is 3.36. The Morgan fingerprint density at radius 2 is 1.82 bits per heavy atom. The van der Waals surface area contributed by atoms with Gasteiger partial charge >= 0.3 is 11.3 Å². The number of ether oxygens (including phenoxy) is 2. The topological polar surface area (TPSA) is 29.8 Å². The van der Waals surface area contributed by atoms with Crippen LogP contribution in [0, 0.1) is 0 Å². The molecule has 0 saturated heterocycles. The Kier molecular flexibility index (Phi) is 4.29. The summed E-state index contributed by atoms with van der Waals surface area (Å²) in [7, 11) is 1.65. The number of hydrogen-bond acceptors (Lipinski definition) is 2. The number of halogens is 1. The van der Waals surface area contributed by atoms with Crippen LogP contribution in [-0.4, -0.2) is 13.7 Å². The standard InChI is InChI=1S/C18H16BrO3/c1-3-21-18-11-17(12-4-7-14(20-2)8-5-12)22-16-9-6-13(19)10-15(16)18/h4-11H,3H2,1-2H3/q+1. The van der Waals surface area contributed by atoms with Crippen molar-refractivity contribution in [3.8, 4) is 22.8 Å². The molecule has 1 heterocycles. The van der Waals surface area contributed by atoms with Gasteiger partial charge in [-0.25, -0.2) is 4.42 Å². The molecule has 0 N–H and O–H groups in total. The van der Waals surface area contributed by atoms with E-state index in [4.69, 9.17) is 13.9 Å². The minimum Gasteiger partial charge on any atom is -0.497 e. The molecule has 0 aliphatic rings. The molecule has 0 amide bonds. The Morgan fingerprint density at radius 1 is 1.05 bits per heavy atom. The minimum atomic E-state index is 0.605. The van der Waals surface area contributed by atoms with Gasteiger partial charge in [0.25, 0.3) is 0 Å². The normalized spacial score (nSPS) is 10.7. The van der Waals surface area contributed by atoms with Crippen LogP contribution in [0.3, 0.4) is 0 Å². The van der Waals surface area contributed by atoms with Crippen molar-refractivity contribution in [3.05, 3.63) is 53.0 Å². The zero-order chi connectivity index (χ0) is 15.5. The van der Waals surface area contributed by atoms with Gasteiger partial charge < -0.3 is 9.47 Å². The fraction of sp³-hybridized carbons (Fsp3) is 0.167. The van der Waals surface area contributed by atoms with Crippen LogP contribution in [0.4, 0.5) is 0 Å². The molecule has 0 bridgehead atoms. The highest BCUT2D eigenvalue weighted by Gasteiger charge is 2.20. The number of benzene rings is 2. The van der Waals surface area contributed by atoms with Crippen molar-refractivity contribution < 1.29 is 13.9 Å². The van der Waals surface area contributed by atoms with Gasteiger partial charge in [-0.15, -0.1) is 0 Å². The van der Waals surface area contributed by atoms with E-state index in [1.165, 1.54) is 0 Å². The van der Waals surface area contributed by atoms with Gasteiger partial charge in [-0.3, -0.25) is 0 Å². The Balaban J connectivity index is 2.15. The molecule has 3 aromatic rings. The zero-order valence-corrected chi connectivity index (χ0v) is 14.0. The van der Waals surface area contributed by atoms with E-state index in [-0.39, 0.29) is 0 Å². The first kappa shape index (κ1) is 14.9. The lowest BCUT2D eigenvalue weighted by Gasteiger charge is -2.04. The molecule has 4 heteroatoms. The number of rotatable bonds is 4. The molecule has 2 aromatic carbocycles. The van der Waals surface area contributed by atoms with Gasteiger partial charge in [0.15, 0.2) is 0 Å². The molecule has 0 atom stereocenters. The molecule has 0 radical (unpaired) electrons. The monoisotopic (exact) mass is 359 g/mol. The van der Waals surface area contributed by atoms with Gasteiger partial charge in [-0.05, 0) is 43.3 Å². The van der Waals surface area contributed by atoms with Crippen molar-refractivity contribution >= 4 is 26.9 Å². The van der Waals surface area contributed by atoms with Crippen molar-refractivity contribution in [2.24, 2.45) is 0 Å². The molecule has 3 rings (SSSR count). The molecule has 0 aliphatic carbocycles. The quantitative estimate of drug-likeness (QED) is 0.572. The Labute approximate surface area is 137 Å². The Hall–Kier alpha value is -2.07. The Bertz CT molecular complexity index is 797. The molecule has 0 saturated carbocycles. The van der Waals surface area contributed by atoms with Crippen molar-refractivity contribution in [1.29, 1.82) is 0 Å². The second-order valence-corrected chi connectivity index (χ2v) is 5.69. The van der Waals surface area contributed by atoms with Crippen molar-refractivity contribution in [2.45, 2.75) is 6.92 Å². The summed E-state index contributed by atoms with van der Waals surface area (Å²) in [6, 6.07) is 15.6. The summed E-state index contributed by atoms with van der Waals surface area (Å²) in [5, 5.41) is 0.952. The van der Waals surface area contributed by atoms with Crippen LogP contribution in [0.1, 0.15) is 6.92 Å². The minimum absolute atomic E-state index is 0.605. The van der Waals surface area contributed by atoms with E-state index >= 15 is 0 Å². The van der Waals surface area contributed by atoms with Crippen LogP contribution in [0.15, 0.2) is 57.4 Å². The van der Waals surface area contributed by atoms with E-state index < -0.39 is 0 Å². The predicted molar refractivity (Wildman–Crippen MR) is 91.5 cm³/mol. The predicted octanol–water partition coefficient (Wildman–Crippen LogP) is 5.55. The van der Waals surface area contributed by atoms with E-state index in [9.17, 15) is 0 Å². The van der Waals surface area contributed by atoms with E-state index in [2.05, 4.69) is 15.9 Å². The largest absolute Gasteiger partial charge is 0.497 e. The number of hydrogen-bond donors (Lipinski definition) is 0. The van der Waals surface area contributed by atoms with E-state index in [1.807, 2.05) is 55.5 Å². The summed E-state index contributed by atoms with van der Waals surface area (Å²) in [4.78, 5) is 0. The van der Waals surface area contributed by atoms with E-state index in [0.717, 1.165) is 38.3 Å². The molecule has 0 spiro atoms. The molecule has 0 aliphatic heterocycles. The van der Waals surface area contributed by atoms with Gasteiger partial charge in [0.2, 0.25) is 0 Å². The second kappa shape index (κ2) is 6.36. The number of methoxy groups -OCH3 is 1. The highest BCUT2D eigenvalue weighted by molar-refractivity contribution is 9.10. The van der Waals surface area contributed by atoms with Gasteiger partial charge in [0, 0.05) is 10.5 Å². The molecular formula is C18H16BrO3+. The van der Waals surface area contributed by atoms with Gasteiger partial charge in [-0.1, -0.05) is 15.9 Å². The summed E-state index contributed by atoms with van der Waals surface area (Å²) in [5.74, 6) is 2.40. The van der Waals surface area contributed by atoms with Gasteiger partial charge in [0.05, 0.1) is 25.3 Å². The maximum Gasteiger partial charge on any atom is 0.364 e. The molecular weight excluding hydrogens is 344 g/mol. The van der Waals surface area contributed by atoms with Crippen LogP contribution in [0.2, 0.25) is 0 Å². The highest BCUT2D eigenvalue weighted by Crippen LogP contribution is 2.34. The molecule has 22 heavy (non-hydrogen) atoms. The summed E-state index contributed by atoms with van der Waals surface area (Å²) in [5.41, 5.74) is 1.77. The van der Waals surface area contributed by atoms with Crippen LogP contribution in [-0.2, 0) is 0 Å². The number of fused-ring (bicyclic) bond motifs is 1. The van der Waals surface area contributed by atoms with Crippen LogP contribution in [0.25, 0.3) is 22.3 Å². The van der Waals surface area contributed by atoms with Crippen molar-refractivity contribution in [3.63, 3.8) is 0 Å². The highest BCUT2D eigenvalue weighted by atomic mass is 79.9. The first-order chi connectivity index (χ1) is 10.7. The van der Waals surface area contributed by atoms with Gasteiger partial charge in [-0.2, -0.15) is 0 Å². The molecule has 0 unspecified atom stereocenters. The maximum atomic E-state index is 6.02. The molecule has 3 nitrogen and oxygen atoms in total. The third-order valence-corrected chi connectivity index (χ3v) is 3.86. The van der Waals surface area contributed by atoms with Crippen LogP contribution >= 0.6 is 15.9 Å². The summed E-state index contributed by atoms with van der Waals surface area (Å²) < 4.78 is 18.0. The third kappa shape index (κ3) is 2.92. The summed E-state index contributed by atoms with van der Waals surface area (Å²) in [6.45, 7) is 2.58. The van der Waals surface area contributed by atoms with Crippen LogP contribution < -0.4 is 9.47 Å². The SMILES string of the molecule is CCOc1cc(-c2ccc(OC)cc2)[o+]c2ccc(Br)cc12. The maximum absolute atomic E-state index is 6.02. The summed E-state index contributed by atoms with van der Waals surface area (Å²) >= 11 is 3.49. The van der Waals surface area contributed by atoms with E-state index in [1.54, 1.807) is 7.11 Å². The fourth-order valence-corrected chi connectivity index (χ4v) is 2.66. The van der Waals surface area contributed by atoms with Gasteiger partial charge in [0.1, 0.15) is 16.9 Å². The fourth-order valence-electron chi connectivity index (χ4n) is 2.30. The smallest absolute Gasteiger partial charge is 0.364 e. The lowest BCUT2D eigenvalue weighted by atomic mass is 10.1. The average molecular weight is 360 g/mol. The molecule has 0 fully saturated rings. The molecule has 112 valence electrons. The average Bonchev–Trinajstić information content (AvgIpc) is 2.55. The van der Waals surface area contributed by atoms with Crippen molar-refractivity contribution in [2.75, 3.05) is 13.7 Å². The first-order valence-electron chi connectivity index (χ1n) is 7.05. The second-order valence-electron chi connectivity index (χ2n) is 4.78. The summed E-state index contributed by atoms with van der Waals surface area (Å²) in [6.07, 6.45) is 0. The molecule has 1 aromatic heterocycles. The first-order valence-corrected chi connectivity index (χ1v) is 7.84. The lowest BCUT2D eigenvalue weighted by Crippen LogP contribution is -1.93. The van der Waals surface area contributed by atoms with Crippen molar-refractivity contribution in [1.82, 2.24) is 0 Å². The lowest BCUT2D eigenvalue weighted by molar-refractivity contribution is 0.342.